The minimum absolute atomic E-state index is 0.0601. The van der Waals surface area contributed by atoms with E-state index >= 15 is 0 Å². The number of H-pyrrole nitrogens is 1. The van der Waals surface area contributed by atoms with Crippen LogP contribution < -0.4 is 10.9 Å². The number of nitrogens with one attached hydrogen (secondary N) is 2. The van der Waals surface area contributed by atoms with Crippen LogP contribution in [0.2, 0.25) is 0 Å². The Morgan fingerprint density at radius 3 is 2.94 bits per heavy atom. The van der Waals surface area contributed by atoms with Gasteiger partial charge in [-0.05, 0) is 6.42 Å². The summed E-state index contributed by atoms with van der Waals surface area (Å²) < 4.78 is 0. The van der Waals surface area contributed by atoms with Crippen LogP contribution in [0.5, 0.6) is 0 Å². The largest absolute Gasteiger partial charge is 0.481 e. The number of rotatable bonds is 5. The van der Waals surface area contributed by atoms with Crippen LogP contribution in [0, 0.1) is 0 Å². The Morgan fingerprint density at radius 2 is 2.17 bits per heavy atom. The maximum Gasteiger partial charge on any atom is 0.303 e. The standard InChI is InChI=1S/C10H11N5O3/c16-6(17)2-1-3-13-10-14-8-7(9(18)15-10)11-4-5-12-8/h4-5H,1-3H2,(H,16,17)(H2,12,13,14,15,18). The normalized spacial score (nSPS) is 10.4. The minimum atomic E-state index is -0.859. The molecule has 0 aliphatic rings. The topological polar surface area (TPSA) is 121 Å². The molecule has 0 saturated heterocycles. The highest BCUT2D eigenvalue weighted by Crippen LogP contribution is 2.02. The zero-order valence-electron chi connectivity index (χ0n) is 9.38. The number of aromatic amines is 1. The molecule has 18 heavy (non-hydrogen) atoms. The molecule has 8 heteroatoms. The molecular weight excluding hydrogens is 238 g/mol. The van der Waals surface area contributed by atoms with Crippen LogP contribution in [0.3, 0.4) is 0 Å². The third-order valence-electron chi connectivity index (χ3n) is 2.20. The van der Waals surface area contributed by atoms with Crippen LogP contribution in [0.25, 0.3) is 11.2 Å². The Hall–Kier alpha value is -2.51. The molecule has 94 valence electrons. The molecule has 2 heterocycles. The summed E-state index contributed by atoms with van der Waals surface area (Å²) in [5.41, 5.74) is 0.0457. The van der Waals surface area contributed by atoms with Gasteiger partial charge >= 0.3 is 5.97 Å². The minimum Gasteiger partial charge on any atom is -0.481 e. The molecule has 0 aliphatic carbocycles. The van der Waals surface area contributed by atoms with Gasteiger partial charge in [0, 0.05) is 25.4 Å². The highest BCUT2D eigenvalue weighted by molar-refractivity contribution is 5.69. The molecular formula is C10H11N5O3. The van der Waals surface area contributed by atoms with Gasteiger partial charge < -0.3 is 10.4 Å². The van der Waals surface area contributed by atoms with Crippen molar-refractivity contribution in [1.82, 2.24) is 19.9 Å². The monoisotopic (exact) mass is 249 g/mol. The molecule has 0 aliphatic heterocycles. The van der Waals surface area contributed by atoms with Crippen molar-refractivity contribution in [1.29, 1.82) is 0 Å². The van der Waals surface area contributed by atoms with Crippen molar-refractivity contribution in [2.75, 3.05) is 11.9 Å². The predicted molar refractivity (Wildman–Crippen MR) is 63.3 cm³/mol. The fourth-order valence-electron chi connectivity index (χ4n) is 1.40. The number of carboxylic acid groups (broad SMARTS) is 1. The summed E-state index contributed by atoms with van der Waals surface area (Å²) in [6, 6.07) is 0. The molecule has 0 amide bonds. The Labute approximate surface area is 101 Å². The molecule has 0 radical (unpaired) electrons. The highest BCUT2D eigenvalue weighted by atomic mass is 16.4. The Bertz CT molecular complexity index is 624. The Balaban J connectivity index is 2.10. The molecule has 0 atom stereocenters. The van der Waals surface area contributed by atoms with Gasteiger partial charge in [0.15, 0.2) is 11.2 Å². The fourth-order valence-corrected chi connectivity index (χ4v) is 1.40. The number of hydrogen-bond donors (Lipinski definition) is 3. The summed E-state index contributed by atoms with van der Waals surface area (Å²) in [6.45, 7) is 0.404. The van der Waals surface area contributed by atoms with Crippen molar-refractivity contribution in [2.45, 2.75) is 12.8 Å². The van der Waals surface area contributed by atoms with E-state index in [4.69, 9.17) is 5.11 Å². The molecule has 8 nitrogen and oxygen atoms in total. The number of nitrogens with zero attached hydrogens (tertiary/aromatic N) is 3. The van der Waals surface area contributed by atoms with Gasteiger partial charge in [0.1, 0.15) is 0 Å². The third kappa shape index (κ3) is 2.78. The first-order valence-corrected chi connectivity index (χ1v) is 5.33. The first-order valence-electron chi connectivity index (χ1n) is 5.33. The van der Waals surface area contributed by atoms with Gasteiger partial charge in [-0.25, -0.2) is 9.97 Å². The van der Waals surface area contributed by atoms with Gasteiger partial charge in [-0.1, -0.05) is 0 Å². The van der Waals surface area contributed by atoms with Crippen molar-refractivity contribution < 1.29 is 9.90 Å². The van der Waals surface area contributed by atoms with Crippen molar-refractivity contribution in [3.8, 4) is 0 Å². The molecule has 2 aromatic rings. The smallest absolute Gasteiger partial charge is 0.303 e. The number of aliphatic carboxylic acids is 1. The van der Waals surface area contributed by atoms with Crippen molar-refractivity contribution in [3.05, 3.63) is 22.7 Å². The average molecular weight is 249 g/mol. The quantitative estimate of drug-likeness (QED) is 0.637. The van der Waals surface area contributed by atoms with Crippen LogP contribution in [0.1, 0.15) is 12.8 Å². The van der Waals surface area contributed by atoms with Crippen molar-refractivity contribution >= 4 is 23.1 Å². The molecule has 0 unspecified atom stereocenters. The van der Waals surface area contributed by atoms with Crippen molar-refractivity contribution in [2.24, 2.45) is 0 Å². The fraction of sp³-hybridized carbons (Fsp3) is 0.300. The summed E-state index contributed by atoms with van der Waals surface area (Å²) in [7, 11) is 0. The molecule has 0 fully saturated rings. The van der Waals surface area contributed by atoms with Crippen LogP contribution in [-0.2, 0) is 4.79 Å². The van der Waals surface area contributed by atoms with Gasteiger partial charge in [0.2, 0.25) is 5.95 Å². The van der Waals surface area contributed by atoms with E-state index in [1.165, 1.54) is 12.4 Å². The predicted octanol–water partition coefficient (Wildman–Crippen LogP) is -0.0102. The summed E-state index contributed by atoms with van der Waals surface area (Å²) >= 11 is 0. The number of fused-ring (bicyclic) bond motifs is 1. The van der Waals surface area contributed by atoms with Crippen LogP contribution in [0.15, 0.2) is 17.2 Å². The van der Waals surface area contributed by atoms with E-state index in [1.807, 2.05) is 0 Å². The lowest BCUT2D eigenvalue weighted by molar-refractivity contribution is -0.137. The summed E-state index contributed by atoms with van der Waals surface area (Å²) in [5.74, 6) is -0.596. The first kappa shape index (κ1) is 12.0. The highest BCUT2D eigenvalue weighted by Gasteiger charge is 2.05. The second kappa shape index (κ2) is 5.21. The molecule has 2 aromatic heterocycles. The van der Waals surface area contributed by atoms with Crippen LogP contribution >= 0.6 is 0 Å². The van der Waals surface area contributed by atoms with E-state index < -0.39 is 5.97 Å². The van der Waals surface area contributed by atoms with E-state index in [1.54, 1.807) is 0 Å². The second-order valence-corrected chi connectivity index (χ2v) is 3.57. The summed E-state index contributed by atoms with van der Waals surface area (Å²) in [5, 5.41) is 11.3. The van der Waals surface area contributed by atoms with E-state index in [-0.39, 0.29) is 29.1 Å². The molecule has 3 N–H and O–H groups in total. The van der Waals surface area contributed by atoms with Crippen molar-refractivity contribution in [3.63, 3.8) is 0 Å². The van der Waals surface area contributed by atoms with E-state index in [2.05, 4.69) is 25.3 Å². The summed E-state index contributed by atoms with van der Waals surface area (Å²) in [6.07, 6.45) is 3.37. The maximum atomic E-state index is 11.6. The van der Waals surface area contributed by atoms with Gasteiger partial charge in [-0.2, -0.15) is 4.98 Å². The average Bonchev–Trinajstić information content (AvgIpc) is 2.35. The van der Waals surface area contributed by atoms with Gasteiger partial charge in [-0.15, -0.1) is 0 Å². The van der Waals surface area contributed by atoms with Gasteiger partial charge in [0.25, 0.3) is 5.56 Å². The Morgan fingerprint density at radius 1 is 1.39 bits per heavy atom. The van der Waals surface area contributed by atoms with E-state index in [0.717, 1.165) is 0 Å². The zero-order chi connectivity index (χ0) is 13.0. The Kier molecular flexibility index (Phi) is 3.46. The molecule has 0 bridgehead atoms. The van der Waals surface area contributed by atoms with Gasteiger partial charge in [-0.3, -0.25) is 14.6 Å². The number of carboxylic acids is 1. The van der Waals surface area contributed by atoms with Gasteiger partial charge in [0.05, 0.1) is 0 Å². The number of carbonyl (C=O) groups is 1. The lowest BCUT2D eigenvalue weighted by Crippen LogP contribution is -2.15. The maximum absolute atomic E-state index is 11.6. The molecule has 2 rings (SSSR count). The first-order chi connectivity index (χ1) is 8.66. The van der Waals surface area contributed by atoms with Crippen LogP contribution in [0.4, 0.5) is 5.95 Å². The molecule has 0 aromatic carbocycles. The number of aromatic nitrogens is 4. The molecule has 0 spiro atoms. The second-order valence-electron chi connectivity index (χ2n) is 3.57. The number of hydrogen-bond acceptors (Lipinski definition) is 6. The lowest BCUT2D eigenvalue weighted by atomic mass is 10.3. The third-order valence-corrected chi connectivity index (χ3v) is 2.20. The zero-order valence-corrected chi connectivity index (χ0v) is 9.38. The molecule has 0 saturated carbocycles. The lowest BCUT2D eigenvalue weighted by Gasteiger charge is -2.04. The van der Waals surface area contributed by atoms with E-state index in [0.29, 0.717) is 13.0 Å². The summed E-state index contributed by atoms with van der Waals surface area (Å²) in [4.78, 5) is 36.3. The SMILES string of the molecule is O=C(O)CCCNc1nc2nccnc2c(=O)[nH]1. The van der Waals surface area contributed by atoms with E-state index in [9.17, 15) is 9.59 Å². The van der Waals surface area contributed by atoms with Crippen LogP contribution in [-0.4, -0.2) is 37.6 Å². The number of anilines is 1.